The van der Waals surface area contributed by atoms with Crippen molar-refractivity contribution in [3.05, 3.63) is 64.2 Å². The molecule has 102 valence electrons. The Morgan fingerprint density at radius 3 is 2.60 bits per heavy atom. The number of aryl methyl sites for hydroxylation is 1. The molecule has 2 aromatic carbocycles. The molecule has 0 fully saturated rings. The van der Waals surface area contributed by atoms with Crippen LogP contribution in [0.15, 0.2) is 42.5 Å². The van der Waals surface area contributed by atoms with E-state index in [4.69, 9.17) is 29.6 Å². The van der Waals surface area contributed by atoms with Crippen LogP contribution in [0.3, 0.4) is 0 Å². The summed E-state index contributed by atoms with van der Waals surface area (Å²) in [6.07, 6.45) is 0. The minimum Gasteiger partial charge on any atom is -0.389 e. The Hall–Kier alpha value is -1.91. The summed E-state index contributed by atoms with van der Waals surface area (Å²) in [6, 6.07) is 12.3. The summed E-state index contributed by atoms with van der Waals surface area (Å²) in [5, 5.41) is 3.35. The van der Waals surface area contributed by atoms with Crippen molar-refractivity contribution in [2.45, 2.75) is 6.92 Å². The van der Waals surface area contributed by atoms with Crippen molar-refractivity contribution in [1.29, 1.82) is 0 Å². The van der Waals surface area contributed by atoms with Gasteiger partial charge < -0.3 is 11.1 Å². The Labute approximate surface area is 127 Å². The van der Waals surface area contributed by atoms with Crippen LogP contribution in [0.2, 0.25) is 5.02 Å². The van der Waals surface area contributed by atoms with Gasteiger partial charge in [-0.15, -0.1) is 0 Å². The van der Waals surface area contributed by atoms with E-state index in [2.05, 4.69) is 5.32 Å². The molecule has 0 spiro atoms. The van der Waals surface area contributed by atoms with Crippen molar-refractivity contribution >= 4 is 40.4 Å². The first-order valence-electron chi connectivity index (χ1n) is 5.95. The predicted octanol–water partition coefficient (Wildman–Crippen LogP) is 3.53. The van der Waals surface area contributed by atoms with Crippen LogP contribution in [0.5, 0.6) is 0 Å². The fraction of sp³-hybridized carbons (Fsp3) is 0.0667. The minimum absolute atomic E-state index is 0.230. The molecule has 5 heteroatoms. The zero-order valence-electron chi connectivity index (χ0n) is 10.8. The number of thiocarbonyl (C=S) groups is 1. The maximum absolute atomic E-state index is 12.1. The summed E-state index contributed by atoms with van der Waals surface area (Å²) in [6.45, 7) is 1.88. The van der Waals surface area contributed by atoms with Crippen LogP contribution in [-0.4, -0.2) is 10.9 Å². The maximum atomic E-state index is 12.1. The number of hydrogen-bond acceptors (Lipinski definition) is 2. The van der Waals surface area contributed by atoms with Crippen molar-refractivity contribution in [1.82, 2.24) is 0 Å². The molecule has 3 N–H and O–H groups in total. The third-order valence-electron chi connectivity index (χ3n) is 2.84. The summed E-state index contributed by atoms with van der Waals surface area (Å²) in [5.41, 5.74) is 8.34. The number of nitrogens with one attached hydrogen (secondary N) is 1. The molecule has 2 rings (SSSR count). The Morgan fingerprint density at radius 2 is 1.95 bits per heavy atom. The molecule has 0 bridgehead atoms. The van der Waals surface area contributed by atoms with E-state index < -0.39 is 0 Å². The Kier molecular flexibility index (Phi) is 4.37. The number of benzene rings is 2. The number of amides is 1. The molecule has 3 nitrogen and oxygen atoms in total. The fourth-order valence-electron chi connectivity index (χ4n) is 1.69. The van der Waals surface area contributed by atoms with Crippen LogP contribution >= 0.6 is 23.8 Å². The molecule has 1 amide bonds. The SMILES string of the molecule is Cc1ccc(C(=O)Nc2cccc(C(N)=S)c2)cc1Cl. The lowest BCUT2D eigenvalue weighted by molar-refractivity contribution is 0.102. The first kappa shape index (κ1) is 14.5. The number of carbonyl (C=O) groups excluding carboxylic acids is 1. The molecule has 0 aliphatic heterocycles. The van der Waals surface area contributed by atoms with Crippen LogP contribution in [-0.2, 0) is 0 Å². The largest absolute Gasteiger partial charge is 0.389 e. The Balaban J connectivity index is 2.21. The molecular formula is C15H13ClN2OS. The Bertz CT molecular complexity index is 685. The van der Waals surface area contributed by atoms with Gasteiger partial charge in [-0.05, 0) is 36.8 Å². The zero-order chi connectivity index (χ0) is 14.7. The molecule has 0 saturated carbocycles. The highest BCUT2D eigenvalue weighted by molar-refractivity contribution is 7.80. The second-order valence-corrected chi connectivity index (χ2v) is 5.21. The molecule has 0 saturated heterocycles. The monoisotopic (exact) mass is 304 g/mol. The molecule has 2 aromatic rings. The average molecular weight is 305 g/mol. The maximum Gasteiger partial charge on any atom is 0.255 e. The van der Waals surface area contributed by atoms with E-state index in [0.29, 0.717) is 26.8 Å². The van der Waals surface area contributed by atoms with Gasteiger partial charge in [0.2, 0.25) is 0 Å². The molecule has 0 heterocycles. The predicted molar refractivity (Wildman–Crippen MR) is 86.5 cm³/mol. The number of rotatable bonds is 3. The molecule has 0 aliphatic carbocycles. The zero-order valence-corrected chi connectivity index (χ0v) is 12.4. The van der Waals surface area contributed by atoms with E-state index in [1.54, 1.807) is 36.4 Å². The molecule has 0 atom stereocenters. The van der Waals surface area contributed by atoms with Gasteiger partial charge in [-0.2, -0.15) is 0 Å². The van der Waals surface area contributed by atoms with Gasteiger partial charge in [0.05, 0.1) is 0 Å². The number of hydrogen-bond donors (Lipinski definition) is 2. The van der Waals surface area contributed by atoms with Gasteiger partial charge in [0.1, 0.15) is 4.99 Å². The topological polar surface area (TPSA) is 55.1 Å². The molecule has 0 radical (unpaired) electrons. The van der Waals surface area contributed by atoms with E-state index >= 15 is 0 Å². The number of halogens is 1. The van der Waals surface area contributed by atoms with Gasteiger partial charge >= 0.3 is 0 Å². The van der Waals surface area contributed by atoms with E-state index in [0.717, 1.165) is 5.56 Å². The second-order valence-electron chi connectivity index (χ2n) is 4.36. The van der Waals surface area contributed by atoms with Crippen LogP contribution < -0.4 is 11.1 Å². The smallest absolute Gasteiger partial charge is 0.255 e. The number of nitrogens with two attached hydrogens (primary N) is 1. The Morgan fingerprint density at radius 1 is 1.20 bits per heavy atom. The van der Waals surface area contributed by atoms with Crippen molar-refractivity contribution in [2.24, 2.45) is 5.73 Å². The highest BCUT2D eigenvalue weighted by atomic mass is 35.5. The van der Waals surface area contributed by atoms with Gasteiger partial charge in [0, 0.05) is 21.8 Å². The van der Waals surface area contributed by atoms with Gasteiger partial charge in [-0.3, -0.25) is 4.79 Å². The fourth-order valence-corrected chi connectivity index (χ4v) is 2.00. The number of anilines is 1. The van der Waals surface area contributed by atoms with Crippen molar-refractivity contribution in [3.63, 3.8) is 0 Å². The van der Waals surface area contributed by atoms with Gasteiger partial charge in [0.25, 0.3) is 5.91 Å². The first-order valence-corrected chi connectivity index (χ1v) is 6.73. The minimum atomic E-state index is -0.230. The van der Waals surface area contributed by atoms with E-state index in [9.17, 15) is 4.79 Å². The summed E-state index contributed by atoms with van der Waals surface area (Å²) in [7, 11) is 0. The molecule has 0 unspecified atom stereocenters. The molecular weight excluding hydrogens is 292 g/mol. The molecule has 0 aromatic heterocycles. The van der Waals surface area contributed by atoms with Crippen molar-refractivity contribution in [3.8, 4) is 0 Å². The lowest BCUT2D eigenvalue weighted by atomic mass is 10.1. The van der Waals surface area contributed by atoms with E-state index in [-0.39, 0.29) is 5.91 Å². The van der Waals surface area contributed by atoms with Crippen molar-refractivity contribution in [2.75, 3.05) is 5.32 Å². The lowest BCUT2D eigenvalue weighted by Gasteiger charge is -2.08. The summed E-state index contributed by atoms with van der Waals surface area (Å²) in [4.78, 5) is 12.4. The van der Waals surface area contributed by atoms with Gasteiger partial charge in [-0.25, -0.2) is 0 Å². The molecule has 0 aliphatic rings. The third-order valence-corrected chi connectivity index (χ3v) is 3.48. The van der Waals surface area contributed by atoms with E-state index in [1.165, 1.54) is 0 Å². The summed E-state index contributed by atoms with van der Waals surface area (Å²) < 4.78 is 0. The van der Waals surface area contributed by atoms with Crippen LogP contribution in [0.1, 0.15) is 21.5 Å². The molecule has 20 heavy (non-hydrogen) atoms. The summed E-state index contributed by atoms with van der Waals surface area (Å²) >= 11 is 10.9. The first-order chi connectivity index (χ1) is 9.47. The third kappa shape index (κ3) is 3.35. The summed E-state index contributed by atoms with van der Waals surface area (Å²) in [5.74, 6) is -0.230. The second kappa shape index (κ2) is 6.03. The van der Waals surface area contributed by atoms with Crippen LogP contribution in [0, 0.1) is 6.92 Å². The normalized spacial score (nSPS) is 10.1. The van der Waals surface area contributed by atoms with Crippen molar-refractivity contribution < 1.29 is 4.79 Å². The standard InChI is InChI=1S/C15H13ClN2OS/c1-9-5-6-11(8-13(9)16)15(19)18-12-4-2-3-10(7-12)14(17)20/h2-8H,1H3,(H2,17,20)(H,18,19). The van der Waals surface area contributed by atoms with Crippen LogP contribution in [0.25, 0.3) is 0 Å². The van der Waals surface area contributed by atoms with Gasteiger partial charge in [-0.1, -0.05) is 42.0 Å². The quantitative estimate of drug-likeness (QED) is 0.853. The lowest BCUT2D eigenvalue weighted by Crippen LogP contribution is -2.14. The highest BCUT2D eigenvalue weighted by Gasteiger charge is 2.08. The average Bonchev–Trinajstić information content (AvgIpc) is 2.42. The van der Waals surface area contributed by atoms with Gasteiger partial charge in [0.15, 0.2) is 0 Å². The number of carbonyl (C=O) groups is 1. The van der Waals surface area contributed by atoms with E-state index in [1.807, 2.05) is 13.0 Å². The highest BCUT2D eigenvalue weighted by Crippen LogP contribution is 2.18. The van der Waals surface area contributed by atoms with Crippen LogP contribution in [0.4, 0.5) is 5.69 Å².